The van der Waals surface area contributed by atoms with Crippen molar-refractivity contribution in [3.63, 3.8) is 0 Å². The van der Waals surface area contributed by atoms with Gasteiger partial charge in [0.1, 0.15) is 0 Å². The summed E-state index contributed by atoms with van der Waals surface area (Å²) in [5.41, 5.74) is 2.20. The van der Waals surface area contributed by atoms with Crippen LogP contribution in [0, 0.1) is 5.92 Å². The number of benzene rings is 1. The van der Waals surface area contributed by atoms with Gasteiger partial charge in [0.05, 0.1) is 0 Å². The van der Waals surface area contributed by atoms with E-state index in [0.29, 0.717) is 0 Å². The van der Waals surface area contributed by atoms with Crippen molar-refractivity contribution in [2.75, 3.05) is 26.3 Å². The van der Waals surface area contributed by atoms with Crippen LogP contribution < -0.4 is 0 Å². The maximum absolute atomic E-state index is 12.4. The summed E-state index contributed by atoms with van der Waals surface area (Å²) < 4.78 is 5.89. The van der Waals surface area contributed by atoms with E-state index in [2.05, 4.69) is 12.1 Å². The molecule has 1 aliphatic carbocycles. The number of ether oxygens (including phenoxy) is 1. The van der Waals surface area contributed by atoms with Crippen molar-refractivity contribution in [2.45, 2.75) is 83.5 Å². The molecule has 1 saturated carbocycles. The van der Waals surface area contributed by atoms with Crippen LogP contribution >= 0.6 is 0 Å². The van der Waals surface area contributed by atoms with Crippen molar-refractivity contribution in [2.24, 2.45) is 5.92 Å². The first-order chi connectivity index (χ1) is 13.8. The van der Waals surface area contributed by atoms with Crippen LogP contribution in [0.3, 0.4) is 0 Å². The van der Waals surface area contributed by atoms with Crippen LogP contribution in [0.5, 0.6) is 0 Å². The molecule has 0 bridgehead atoms. The molecule has 156 valence electrons. The van der Waals surface area contributed by atoms with E-state index in [1.165, 1.54) is 69.8 Å². The van der Waals surface area contributed by atoms with Crippen LogP contribution in [0.2, 0.25) is 0 Å². The summed E-state index contributed by atoms with van der Waals surface area (Å²) in [5.74, 6) is 1.04. The van der Waals surface area contributed by atoms with E-state index >= 15 is 0 Å². The first-order valence-electron chi connectivity index (χ1n) is 11.8. The summed E-state index contributed by atoms with van der Waals surface area (Å²) in [6.45, 7) is 3.79. The van der Waals surface area contributed by atoms with Gasteiger partial charge in [-0.25, -0.2) is 0 Å². The number of aryl methyl sites for hydroxylation is 1. The van der Waals surface area contributed by atoms with Crippen molar-refractivity contribution in [3.8, 4) is 0 Å². The van der Waals surface area contributed by atoms with Crippen molar-refractivity contribution < 1.29 is 9.53 Å². The SMILES string of the molecule is O=C(c1ccc(CCCCCCCOCC2CCCCC2)cc1)N1CCCC1. The molecule has 1 aromatic rings. The highest BCUT2D eigenvalue weighted by molar-refractivity contribution is 5.94. The Morgan fingerprint density at radius 1 is 0.857 bits per heavy atom. The highest BCUT2D eigenvalue weighted by Crippen LogP contribution is 2.23. The van der Waals surface area contributed by atoms with E-state index in [1.807, 2.05) is 17.0 Å². The lowest BCUT2D eigenvalue weighted by Gasteiger charge is -2.21. The molecule has 3 rings (SSSR count). The lowest BCUT2D eigenvalue weighted by molar-refractivity contribution is 0.0792. The summed E-state index contributed by atoms with van der Waals surface area (Å²) in [7, 11) is 0. The van der Waals surface area contributed by atoms with Crippen LogP contribution in [0.4, 0.5) is 0 Å². The molecule has 1 saturated heterocycles. The van der Waals surface area contributed by atoms with Crippen LogP contribution in [0.1, 0.15) is 93.0 Å². The highest BCUT2D eigenvalue weighted by Gasteiger charge is 2.19. The van der Waals surface area contributed by atoms with Gasteiger partial charge in [0, 0.05) is 31.9 Å². The van der Waals surface area contributed by atoms with Gasteiger partial charge in [-0.2, -0.15) is 0 Å². The smallest absolute Gasteiger partial charge is 0.253 e. The van der Waals surface area contributed by atoms with E-state index in [0.717, 1.165) is 57.0 Å². The maximum atomic E-state index is 12.4. The van der Waals surface area contributed by atoms with Gasteiger partial charge in [0.2, 0.25) is 0 Å². The summed E-state index contributed by atoms with van der Waals surface area (Å²) >= 11 is 0. The molecule has 0 unspecified atom stereocenters. The van der Waals surface area contributed by atoms with Gasteiger partial charge >= 0.3 is 0 Å². The van der Waals surface area contributed by atoms with Crippen LogP contribution in [0.25, 0.3) is 0 Å². The lowest BCUT2D eigenvalue weighted by Crippen LogP contribution is -2.27. The third-order valence-corrected chi connectivity index (χ3v) is 6.43. The van der Waals surface area contributed by atoms with Gasteiger partial charge in [-0.05, 0) is 68.6 Å². The number of unbranched alkanes of at least 4 members (excludes halogenated alkanes) is 4. The second kappa shape index (κ2) is 12.3. The van der Waals surface area contributed by atoms with Gasteiger partial charge in [-0.3, -0.25) is 4.79 Å². The van der Waals surface area contributed by atoms with Gasteiger partial charge in [0.25, 0.3) is 5.91 Å². The summed E-state index contributed by atoms with van der Waals surface area (Å²) in [6, 6.07) is 8.31. The monoisotopic (exact) mass is 385 g/mol. The zero-order valence-electron chi connectivity index (χ0n) is 17.7. The average molecular weight is 386 g/mol. The van der Waals surface area contributed by atoms with Gasteiger partial charge in [-0.1, -0.05) is 50.7 Å². The predicted octanol–water partition coefficient (Wildman–Crippen LogP) is 6.01. The van der Waals surface area contributed by atoms with Crippen molar-refractivity contribution in [1.29, 1.82) is 0 Å². The Balaban J connectivity index is 1.19. The van der Waals surface area contributed by atoms with E-state index < -0.39 is 0 Å². The summed E-state index contributed by atoms with van der Waals surface area (Å²) in [4.78, 5) is 14.4. The maximum Gasteiger partial charge on any atom is 0.253 e. The van der Waals surface area contributed by atoms with Crippen LogP contribution in [0.15, 0.2) is 24.3 Å². The van der Waals surface area contributed by atoms with Crippen LogP contribution in [-0.2, 0) is 11.2 Å². The van der Waals surface area contributed by atoms with Crippen molar-refractivity contribution in [1.82, 2.24) is 4.90 Å². The Bertz CT molecular complexity index is 556. The third kappa shape index (κ3) is 7.24. The molecule has 2 aliphatic rings. The second-order valence-electron chi connectivity index (χ2n) is 8.79. The molecule has 0 spiro atoms. The highest BCUT2D eigenvalue weighted by atomic mass is 16.5. The Labute approximate surface area is 171 Å². The second-order valence-corrected chi connectivity index (χ2v) is 8.79. The van der Waals surface area contributed by atoms with Crippen LogP contribution in [-0.4, -0.2) is 37.1 Å². The quantitative estimate of drug-likeness (QED) is 0.436. The molecule has 0 N–H and O–H groups in total. The van der Waals surface area contributed by atoms with E-state index in [1.54, 1.807) is 0 Å². The van der Waals surface area contributed by atoms with Gasteiger partial charge in [-0.15, -0.1) is 0 Å². The average Bonchev–Trinajstić information content (AvgIpc) is 3.28. The minimum absolute atomic E-state index is 0.203. The number of hydrogen-bond acceptors (Lipinski definition) is 2. The molecule has 3 nitrogen and oxygen atoms in total. The molecule has 1 heterocycles. The number of hydrogen-bond donors (Lipinski definition) is 0. The molecule has 0 atom stereocenters. The number of carbonyl (C=O) groups excluding carboxylic acids is 1. The molecular formula is C25H39NO2. The fraction of sp³-hybridized carbons (Fsp3) is 0.720. The summed E-state index contributed by atoms with van der Waals surface area (Å²) in [5, 5.41) is 0. The Morgan fingerprint density at radius 3 is 2.29 bits per heavy atom. The molecule has 1 aliphatic heterocycles. The molecule has 2 fully saturated rings. The first kappa shape index (κ1) is 21.4. The number of rotatable bonds is 11. The predicted molar refractivity (Wildman–Crippen MR) is 116 cm³/mol. The molecule has 3 heteroatoms. The third-order valence-electron chi connectivity index (χ3n) is 6.43. The normalized spacial score (nSPS) is 17.9. The summed E-state index contributed by atoms with van der Waals surface area (Å²) in [6.07, 6.45) is 16.8. The Kier molecular flexibility index (Phi) is 9.36. The number of amides is 1. The van der Waals surface area contributed by atoms with E-state index in [4.69, 9.17) is 4.74 Å². The molecule has 1 amide bonds. The number of carbonyl (C=O) groups is 1. The minimum atomic E-state index is 0.203. The Morgan fingerprint density at radius 2 is 1.54 bits per heavy atom. The molecule has 1 aromatic carbocycles. The lowest BCUT2D eigenvalue weighted by atomic mass is 9.90. The molecule has 0 radical (unpaired) electrons. The van der Waals surface area contributed by atoms with Gasteiger partial charge in [0.15, 0.2) is 0 Å². The fourth-order valence-corrected chi connectivity index (χ4v) is 4.58. The topological polar surface area (TPSA) is 29.5 Å². The number of likely N-dealkylation sites (tertiary alicyclic amines) is 1. The van der Waals surface area contributed by atoms with Crippen molar-refractivity contribution >= 4 is 5.91 Å². The van der Waals surface area contributed by atoms with Crippen molar-refractivity contribution in [3.05, 3.63) is 35.4 Å². The minimum Gasteiger partial charge on any atom is -0.381 e. The first-order valence-corrected chi connectivity index (χ1v) is 11.8. The zero-order chi connectivity index (χ0) is 19.4. The molecule has 0 aromatic heterocycles. The molecule has 28 heavy (non-hydrogen) atoms. The number of nitrogens with zero attached hydrogens (tertiary/aromatic N) is 1. The molecular weight excluding hydrogens is 346 g/mol. The standard InChI is InChI=1S/C25H39NO2/c27-25(26-18-8-9-19-26)24-16-14-22(15-17-24)11-5-2-1-3-10-20-28-21-23-12-6-4-7-13-23/h14-17,23H,1-13,18-21H2. The van der Waals surface area contributed by atoms with E-state index in [-0.39, 0.29) is 5.91 Å². The fourth-order valence-electron chi connectivity index (χ4n) is 4.58. The van der Waals surface area contributed by atoms with Gasteiger partial charge < -0.3 is 9.64 Å². The largest absolute Gasteiger partial charge is 0.381 e. The Hall–Kier alpha value is -1.35. The van der Waals surface area contributed by atoms with E-state index in [9.17, 15) is 4.79 Å². The zero-order valence-corrected chi connectivity index (χ0v) is 17.7.